The molecule has 0 radical (unpaired) electrons. The van der Waals surface area contributed by atoms with Crippen LogP contribution in [0.2, 0.25) is 0 Å². The van der Waals surface area contributed by atoms with Gasteiger partial charge in [0.2, 0.25) is 11.8 Å². The Balaban J connectivity index is 1.27. The van der Waals surface area contributed by atoms with E-state index < -0.39 is 66.2 Å². The second-order valence-corrected chi connectivity index (χ2v) is 14.3. The van der Waals surface area contributed by atoms with E-state index in [2.05, 4.69) is 31.9 Å². The highest BCUT2D eigenvalue weighted by molar-refractivity contribution is 7.80. The fraction of sp³-hybridized carbons (Fsp3) is 0.282. The largest absolute Gasteiger partial charge is 0.508 e. The number of carbonyl (C=O) groups is 7. The van der Waals surface area contributed by atoms with E-state index in [1.807, 2.05) is 0 Å². The number of aromatic hydroxyl groups is 1. The van der Waals surface area contributed by atoms with Crippen LogP contribution in [0.15, 0.2) is 63.8 Å². The number of hydrogen-bond acceptors (Lipinski definition) is 12. The minimum atomic E-state index is -1.40. The van der Waals surface area contributed by atoms with Crippen molar-refractivity contribution in [1.82, 2.24) is 26.6 Å². The Bertz CT molecular complexity index is 2440. The number of anilines is 1. The van der Waals surface area contributed by atoms with E-state index in [-0.39, 0.29) is 94.8 Å². The molecular formula is C39H40N6O15S2. The minimum absolute atomic E-state index is 0.0648. The van der Waals surface area contributed by atoms with Crippen LogP contribution in [-0.2, 0) is 28.8 Å². The molecule has 2 aromatic rings. The molecule has 0 unspecified atom stereocenters. The van der Waals surface area contributed by atoms with Crippen molar-refractivity contribution in [2.45, 2.75) is 56.7 Å². The predicted octanol–water partition coefficient (Wildman–Crippen LogP) is 1.74. The smallest absolute Gasteiger partial charge is 0.336 e. The van der Waals surface area contributed by atoms with Gasteiger partial charge >= 0.3 is 29.8 Å². The summed E-state index contributed by atoms with van der Waals surface area (Å²) in [6.07, 6.45) is -1.90. The number of rotatable bonds is 21. The van der Waals surface area contributed by atoms with Crippen LogP contribution in [0.5, 0.6) is 5.75 Å². The first kappa shape index (κ1) is 47.3. The summed E-state index contributed by atoms with van der Waals surface area (Å²) in [4.78, 5) is 95.3. The lowest BCUT2D eigenvalue weighted by molar-refractivity contribution is -0.141. The molecule has 2 aliphatic rings. The van der Waals surface area contributed by atoms with Crippen LogP contribution in [0.4, 0.5) is 5.69 Å². The molecular weight excluding hydrogens is 857 g/mol. The molecule has 0 fully saturated rings. The number of aromatic carboxylic acids is 1. The topological polar surface area (TPSA) is 343 Å². The van der Waals surface area contributed by atoms with Gasteiger partial charge in [-0.3, -0.25) is 19.2 Å². The fourth-order valence-corrected chi connectivity index (χ4v) is 6.57. The molecule has 62 heavy (non-hydrogen) atoms. The zero-order valence-electron chi connectivity index (χ0n) is 32.3. The maximum absolute atomic E-state index is 12.6. The van der Waals surface area contributed by atoms with Gasteiger partial charge in [0.25, 0.3) is 0 Å². The van der Waals surface area contributed by atoms with Crippen LogP contribution in [-0.4, -0.2) is 114 Å². The van der Waals surface area contributed by atoms with Crippen LogP contribution >= 0.6 is 24.4 Å². The van der Waals surface area contributed by atoms with Gasteiger partial charge in [-0.05, 0) is 85.7 Å². The number of nitrogens with one attached hydrogen (secondary N) is 6. The highest BCUT2D eigenvalue weighted by Crippen LogP contribution is 2.42. The summed E-state index contributed by atoms with van der Waals surface area (Å²) in [7, 11) is 0. The molecule has 0 saturated carbocycles. The number of carboxylic acid groups (broad SMARTS) is 5. The van der Waals surface area contributed by atoms with E-state index in [1.165, 1.54) is 48.5 Å². The summed E-state index contributed by atoms with van der Waals surface area (Å²) in [6, 6.07) is 8.46. The summed E-state index contributed by atoms with van der Waals surface area (Å²) in [6.45, 7) is -0.132. The maximum Gasteiger partial charge on any atom is 0.336 e. The summed E-state index contributed by atoms with van der Waals surface area (Å²) in [5.74, 6) is -7.81. The van der Waals surface area contributed by atoms with Crippen LogP contribution in [0.3, 0.4) is 0 Å². The summed E-state index contributed by atoms with van der Waals surface area (Å²) >= 11 is 10.3. The number of phenols is 1. The Morgan fingerprint density at radius 2 is 1.16 bits per heavy atom. The molecule has 2 amide bonds. The number of phenolic OH excluding ortho intramolecular Hbond substituents is 1. The van der Waals surface area contributed by atoms with Crippen LogP contribution < -0.4 is 37.3 Å². The average molecular weight is 897 g/mol. The fourth-order valence-electron chi connectivity index (χ4n) is 6.02. The summed E-state index contributed by atoms with van der Waals surface area (Å²) < 4.78 is 5.85. The van der Waals surface area contributed by atoms with Crippen molar-refractivity contribution in [2.75, 3.05) is 18.4 Å². The van der Waals surface area contributed by atoms with Crippen molar-refractivity contribution in [1.29, 1.82) is 0 Å². The Morgan fingerprint density at radius 1 is 0.629 bits per heavy atom. The second kappa shape index (κ2) is 21.7. The Kier molecular flexibility index (Phi) is 16.6. The average Bonchev–Trinajstić information content (AvgIpc) is 3.19. The number of carbonyl (C=O) groups excluding carboxylic acids is 2. The Labute approximate surface area is 360 Å². The van der Waals surface area contributed by atoms with E-state index in [0.717, 1.165) is 0 Å². The van der Waals surface area contributed by atoms with Crippen molar-refractivity contribution in [3.63, 3.8) is 0 Å². The third-order valence-corrected chi connectivity index (χ3v) is 9.46. The van der Waals surface area contributed by atoms with Crippen LogP contribution in [0, 0.1) is 0 Å². The number of aliphatic carboxylic acids is 4. The number of carboxylic acids is 5. The first-order chi connectivity index (χ1) is 29.3. The standard InChI is InChI=1S/C39H40N6O15S2/c46-19-2-5-22-28(16-19)60-29-17-20(47)3-6-23(29)33(22)21-4-1-18(15-24(21)34(52)53)42-38(61)43-25(35(54)55)7-10-30(48)40-13-14-41-31(49)11-8-26(36(56)57)44-39(62)45-27(37(58)59)9-12-32(50)51/h1-6,15-17,25-27,46H,7-14H2,(H,40,48)(H,41,49)(H,50,51)(H,52,53)(H,54,55)(H,56,57)(H,58,59)(H2,42,43,61)(H2,44,45,62)/t25-,26-,27-/m0/s1. The van der Waals surface area contributed by atoms with Gasteiger partial charge in [0.05, 0.1) is 5.56 Å². The summed E-state index contributed by atoms with van der Waals surface area (Å²) in [5.41, 5.74) is 0.926. The first-order valence-corrected chi connectivity index (χ1v) is 19.3. The zero-order chi connectivity index (χ0) is 45.7. The van der Waals surface area contributed by atoms with Gasteiger partial charge in [-0.15, -0.1) is 0 Å². The highest BCUT2D eigenvalue weighted by Gasteiger charge is 2.26. The molecule has 1 aliphatic carbocycles. The number of fused-ring (bicyclic) bond motifs is 2. The van der Waals surface area contributed by atoms with E-state index in [4.69, 9.17) is 34.0 Å². The molecule has 0 bridgehead atoms. The van der Waals surface area contributed by atoms with E-state index >= 15 is 0 Å². The van der Waals surface area contributed by atoms with Crippen LogP contribution in [0.1, 0.15) is 48.9 Å². The molecule has 21 nitrogen and oxygen atoms in total. The Morgan fingerprint density at radius 3 is 1.69 bits per heavy atom. The molecule has 12 N–H and O–H groups in total. The van der Waals surface area contributed by atoms with Crippen molar-refractivity contribution in [3.8, 4) is 28.2 Å². The van der Waals surface area contributed by atoms with E-state index in [0.29, 0.717) is 16.5 Å². The van der Waals surface area contributed by atoms with Gasteiger partial charge in [0.15, 0.2) is 15.7 Å². The second-order valence-electron chi connectivity index (χ2n) is 13.5. The van der Waals surface area contributed by atoms with Crippen molar-refractivity contribution >= 4 is 93.0 Å². The number of hydrogen-bond donors (Lipinski definition) is 12. The van der Waals surface area contributed by atoms with Gasteiger partial charge in [-0.2, -0.15) is 0 Å². The molecule has 3 atom stereocenters. The number of amides is 2. The monoisotopic (exact) mass is 896 g/mol. The molecule has 2 aromatic carbocycles. The summed E-state index contributed by atoms with van der Waals surface area (Å²) in [5, 5.41) is 72.6. The van der Waals surface area contributed by atoms with Crippen molar-refractivity contribution < 1.29 is 68.6 Å². The zero-order valence-corrected chi connectivity index (χ0v) is 33.9. The van der Waals surface area contributed by atoms with Gasteiger partial charge in [0, 0.05) is 66.7 Å². The number of benzene rings is 3. The molecule has 0 spiro atoms. The van der Waals surface area contributed by atoms with Crippen molar-refractivity contribution in [3.05, 3.63) is 70.4 Å². The third kappa shape index (κ3) is 13.6. The molecule has 1 aliphatic heterocycles. The number of thiocarbonyl (C=S) groups is 2. The SMILES string of the molecule is O=C(O)CC[C@H](NC(=S)N[C@@H](CCC(=O)NCCNC(=O)CC[C@H](NC(=S)Nc1ccc(-c2c3ccc(=O)cc-3oc3cc(O)ccc23)c(C(=O)O)c1)C(=O)O)C(=O)O)C(=O)O. The molecule has 4 rings (SSSR count). The van der Waals surface area contributed by atoms with Crippen molar-refractivity contribution in [2.24, 2.45) is 0 Å². The molecule has 1 heterocycles. The van der Waals surface area contributed by atoms with Gasteiger partial charge in [-0.1, -0.05) is 6.07 Å². The van der Waals surface area contributed by atoms with E-state index in [9.17, 15) is 63.9 Å². The van der Waals surface area contributed by atoms with E-state index in [1.54, 1.807) is 6.07 Å². The normalized spacial score (nSPS) is 12.3. The predicted molar refractivity (Wildman–Crippen MR) is 227 cm³/mol. The van der Waals surface area contributed by atoms with Gasteiger partial charge < -0.3 is 67.0 Å². The quantitative estimate of drug-likeness (QED) is 0.0322. The lowest BCUT2D eigenvalue weighted by atomic mass is 9.90. The van der Waals surface area contributed by atoms with Crippen LogP contribution in [0.25, 0.3) is 33.4 Å². The first-order valence-electron chi connectivity index (χ1n) is 18.5. The maximum atomic E-state index is 12.6. The highest BCUT2D eigenvalue weighted by atomic mass is 32.1. The Hall–Kier alpha value is -7.40. The lowest BCUT2D eigenvalue weighted by Crippen LogP contribution is -2.51. The molecule has 328 valence electrons. The molecule has 23 heteroatoms. The molecule has 0 saturated heterocycles. The third-order valence-electron chi connectivity index (χ3n) is 9.00. The molecule has 0 aromatic heterocycles. The lowest BCUT2D eigenvalue weighted by Gasteiger charge is -2.20. The van der Waals surface area contributed by atoms with Gasteiger partial charge in [-0.25, -0.2) is 19.2 Å². The van der Waals surface area contributed by atoms with Gasteiger partial charge in [0.1, 0.15) is 35.2 Å². The minimum Gasteiger partial charge on any atom is -0.508 e.